The number of benzene rings is 5. The summed E-state index contributed by atoms with van der Waals surface area (Å²) in [7, 11) is -7.42. The van der Waals surface area contributed by atoms with Crippen LogP contribution in [0.25, 0.3) is 0 Å². The molecule has 0 heterocycles. The molecule has 2 aliphatic carbocycles. The van der Waals surface area contributed by atoms with Crippen LogP contribution in [0.4, 0.5) is 0 Å². The molecule has 10 atom stereocenters. The SMILES string of the molecule is C.C.C.C.C.C.C.CC.CCCCC(CC)C[P+](C)=O.CCCCCC[P+](=O)OC1CCCCC1.CCCC[P+](C)=O.CCCO[P+](=O)c1ccccc1.CCC[P+](=O)Oc1ccccc1.CN(C)C(=O)c1cccc([P+](C)=O)c1.C[P+](=O)C1CCCCC1.C[P+](=O)c1ccccc1.C[P+](=O)c1ccccc1.[HH].[HH]. The minimum absolute atomic E-state index is 0. The van der Waals surface area contributed by atoms with E-state index in [2.05, 4.69) is 27.7 Å². The molecule has 14 nitrogen and oxygen atoms in total. The molecule has 10 unspecified atom stereocenters. The van der Waals surface area contributed by atoms with Crippen LogP contribution in [0.15, 0.2) is 146 Å². The van der Waals surface area contributed by atoms with Crippen LogP contribution in [-0.2, 0) is 50.1 Å². The zero-order valence-corrected chi connectivity index (χ0v) is 72.0. The second-order valence-corrected chi connectivity index (χ2v) is 37.6. The van der Waals surface area contributed by atoms with Crippen molar-refractivity contribution in [1.82, 2.24) is 4.90 Å². The lowest BCUT2D eigenvalue weighted by Crippen LogP contribution is -2.22. The Bertz CT molecular complexity index is 2920. The standard InChI is InChI=1S/C12H24O2P.C10H13NO2P.2C9H12O2P.C9H20OP.C7H14OP.2C7H8OP.C5H12OP.C2H6.7CH4.2H2/c1-2-3-4-8-11-15(13)14-12-9-6-5-7-10-12;1-11(2)10(12)8-5-4-6-9(7-8)14(3)13;1-2-8-12(10)11-9-6-4-3-5-7-9;1-2-8-11-12(10)9-6-4-3-5-7-9;1-4-6-7-9(5-2)8-11(3)10;3*1-9(8)7-5-3-2-4-6-7;1-3-4-5-7(2)6;1-2;;;;;;;;;/h12H,2-11H2,1H3;4-7H,1-3H3;2*3-7H,2,8H2,1H3;9H,4-8H2,1-3H3;7H,2-6H2,1H3;2*2-6H,1H3;3-5H2,1-2H3;1-2H3;7*1H4;2*1H/q9*+1;;;;;;;;;;. The number of para-hydroxylation sites is 1. The molecule has 0 aliphatic heterocycles. The summed E-state index contributed by atoms with van der Waals surface area (Å²) in [6, 6.07) is 44.3. The fourth-order valence-electron chi connectivity index (χ4n) is 9.16. The van der Waals surface area contributed by atoms with Gasteiger partial charge >= 0.3 is 70.9 Å². The lowest BCUT2D eigenvalue weighted by molar-refractivity contribution is 0.0827. The maximum atomic E-state index is 11.6. The van der Waals surface area contributed by atoms with Crippen LogP contribution in [-0.4, -0.2) is 108 Å². The van der Waals surface area contributed by atoms with E-state index < -0.39 is 70.9 Å². The molecular weight excluding hydrogens is 1510 g/mol. The molecule has 0 spiro atoms. The molecule has 2 aliphatic rings. The molecular formula is C84H161NO13P9+9. The Morgan fingerprint density at radius 1 is 0.449 bits per heavy atom. The normalized spacial score (nSPS) is 12.8. The van der Waals surface area contributed by atoms with E-state index in [4.69, 9.17) is 13.6 Å². The van der Waals surface area contributed by atoms with Crippen LogP contribution < -0.4 is 25.7 Å². The van der Waals surface area contributed by atoms with E-state index in [9.17, 15) is 45.9 Å². The second kappa shape index (κ2) is 86.2. The van der Waals surface area contributed by atoms with Gasteiger partial charge in [-0.3, -0.25) is 9.32 Å². The predicted octanol–water partition coefficient (Wildman–Crippen LogP) is 30.0. The van der Waals surface area contributed by atoms with Gasteiger partial charge in [-0.05, 0) is 158 Å². The van der Waals surface area contributed by atoms with Crippen molar-refractivity contribution < 1.29 is 62.3 Å². The number of nitrogens with zero attached hydrogens (tertiary/aromatic N) is 1. The molecule has 5 aromatic carbocycles. The van der Waals surface area contributed by atoms with Crippen molar-refractivity contribution in [2.24, 2.45) is 5.92 Å². The number of hydrogen-bond donors (Lipinski definition) is 0. The van der Waals surface area contributed by atoms with Crippen LogP contribution in [0.3, 0.4) is 0 Å². The summed E-state index contributed by atoms with van der Waals surface area (Å²) in [5.41, 5.74) is 1.14. The van der Waals surface area contributed by atoms with Gasteiger partial charge in [0.15, 0.2) is 39.6 Å². The van der Waals surface area contributed by atoms with E-state index in [0.29, 0.717) is 47.1 Å². The highest BCUT2D eigenvalue weighted by Gasteiger charge is 2.28. The first kappa shape index (κ1) is 124. The third-order valence-electron chi connectivity index (χ3n) is 14.8. The summed E-state index contributed by atoms with van der Waals surface area (Å²) >= 11 is 0. The first-order chi connectivity index (χ1) is 47.9. The topological polar surface area (TPSA) is 202 Å². The van der Waals surface area contributed by atoms with E-state index in [-0.39, 0.29) is 60.7 Å². The zero-order valence-electron chi connectivity index (χ0n) is 64.0. The molecule has 7 rings (SSSR count). The van der Waals surface area contributed by atoms with Crippen LogP contribution in [0.2, 0.25) is 0 Å². The average molecular weight is 1670 g/mol. The van der Waals surface area contributed by atoms with E-state index in [1.165, 1.54) is 101 Å². The molecule has 616 valence electrons. The maximum Gasteiger partial charge on any atom is 0.555 e. The Labute approximate surface area is 669 Å². The fourth-order valence-corrected chi connectivity index (χ4v) is 16.8. The van der Waals surface area contributed by atoms with Gasteiger partial charge in [-0.25, -0.2) is 0 Å². The van der Waals surface area contributed by atoms with Gasteiger partial charge in [-0.15, -0.1) is 9.05 Å². The number of carbonyl (C=O) groups is 1. The van der Waals surface area contributed by atoms with E-state index in [0.717, 1.165) is 79.3 Å². The van der Waals surface area contributed by atoms with Crippen LogP contribution in [0.1, 0.15) is 262 Å². The number of unbranched alkanes of at least 4 members (excludes halogenated alkanes) is 5. The fraction of sp³-hybridized carbons (Fsp3) is 0.631. The Morgan fingerprint density at radius 2 is 0.879 bits per heavy atom. The van der Waals surface area contributed by atoms with Gasteiger partial charge in [0.05, 0.1) is 0 Å². The summed E-state index contributed by atoms with van der Waals surface area (Å²) in [5.74, 6) is 1.33. The summed E-state index contributed by atoms with van der Waals surface area (Å²) in [4.78, 5) is 13.1. The highest BCUT2D eigenvalue weighted by atomic mass is 31.1. The lowest BCUT2D eigenvalue weighted by atomic mass is 9.98. The van der Waals surface area contributed by atoms with Crippen molar-refractivity contribution in [3.8, 4) is 5.75 Å². The Hall–Kier alpha value is -3.81. The van der Waals surface area contributed by atoms with Gasteiger partial charge in [-0.1, -0.05) is 271 Å². The summed E-state index contributed by atoms with van der Waals surface area (Å²) < 4.78 is 115. The number of hydrogen-bond acceptors (Lipinski definition) is 13. The van der Waals surface area contributed by atoms with Crippen molar-refractivity contribution in [2.45, 2.75) is 260 Å². The molecule has 5 aromatic rings. The third kappa shape index (κ3) is 74.7. The molecule has 23 heteroatoms. The van der Waals surface area contributed by atoms with E-state index in [1.807, 2.05) is 162 Å². The Kier molecular flexibility index (Phi) is 99.9. The molecule has 2 saturated carbocycles. The first-order valence-electron chi connectivity index (χ1n) is 36.2. The smallest absolute Gasteiger partial charge is 0.345 e. The highest BCUT2D eigenvalue weighted by Crippen LogP contribution is 2.36. The molecule has 0 bridgehead atoms. The molecule has 0 aromatic heterocycles. The van der Waals surface area contributed by atoms with E-state index in [1.54, 1.807) is 65.0 Å². The van der Waals surface area contributed by atoms with Gasteiger partial charge in [0.1, 0.15) is 65.0 Å². The van der Waals surface area contributed by atoms with Crippen LogP contribution in [0, 0.1) is 5.92 Å². The molecule has 0 N–H and O–H groups in total. The molecule has 2 fully saturated rings. The van der Waals surface area contributed by atoms with Crippen molar-refractivity contribution >= 4 is 98.0 Å². The Balaban J connectivity index is -0.0000000965. The van der Waals surface area contributed by atoms with Crippen molar-refractivity contribution in [2.75, 3.05) is 85.3 Å². The largest absolute Gasteiger partial charge is 0.555 e. The van der Waals surface area contributed by atoms with E-state index >= 15 is 0 Å². The quantitative estimate of drug-likeness (QED) is 0.0323. The summed E-state index contributed by atoms with van der Waals surface area (Å²) in [5, 5.41) is 3.33. The second-order valence-electron chi connectivity index (χ2n) is 24.1. The van der Waals surface area contributed by atoms with Gasteiger partial charge in [0, 0.05) is 34.5 Å². The van der Waals surface area contributed by atoms with Gasteiger partial charge in [0.25, 0.3) is 5.91 Å². The molecule has 0 radical (unpaired) electrons. The average Bonchev–Trinajstić information content (AvgIpc) is 0.861. The van der Waals surface area contributed by atoms with Gasteiger partial charge < -0.3 is 4.90 Å². The molecule has 1 amide bonds. The van der Waals surface area contributed by atoms with Crippen molar-refractivity contribution in [3.63, 3.8) is 0 Å². The Morgan fingerprint density at radius 3 is 1.23 bits per heavy atom. The van der Waals surface area contributed by atoms with Gasteiger partial charge in [-0.2, -0.15) is 0 Å². The molecule has 107 heavy (non-hydrogen) atoms. The molecule has 0 saturated heterocycles. The highest BCUT2D eigenvalue weighted by molar-refractivity contribution is 7.53. The van der Waals surface area contributed by atoms with Crippen molar-refractivity contribution in [3.05, 3.63) is 151 Å². The van der Waals surface area contributed by atoms with Crippen LogP contribution >= 0.6 is 70.9 Å². The third-order valence-corrected chi connectivity index (χ3v) is 25.0. The minimum atomic E-state index is -1.63. The zero-order chi connectivity index (χ0) is 75.7. The maximum absolute atomic E-state index is 11.6. The van der Waals surface area contributed by atoms with Crippen molar-refractivity contribution in [1.29, 1.82) is 0 Å². The number of carbonyl (C=O) groups excluding carboxylic acids is 1. The first-order valence-corrected chi connectivity index (χ1v) is 50.7. The lowest BCUT2D eigenvalue weighted by Gasteiger charge is -2.15. The number of rotatable bonds is 29. The predicted molar refractivity (Wildman–Crippen MR) is 489 cm³/mol. The van der Waals surface area contributed by atoms with Gasteiger partial charge in [0.2, 0.25) is 5.30 Å². The monoisotopic (exact) mass is 1670 g/mol. The summed E-state index contributed by atoms with van der Waals surface area (Å²) in [6.45, 7) is 27.8. The van der Waals surface area contributed by atoms with Crippen LogP contribution in [0.5, 0.6) is 5.75 Å². The summed E-state index contributed by atoms with van der Waals surface area (Å²) in [6.07, 6.45) is 29.9. The number of amides is 1. The minimum Gasteiger partial charge on any atom is -0.345 e.